The number of hydrogen-bond donors (Lipinski definition) is 1. The molecule has 1 fully saturated rings. The molecule has 1 aliphatic carbocycles. The zero-order valence-corrected chi connectivity index (χ0v) is 20.3. The second-order valence-corrected chi connectivity index (χ2v) is 10.6. The van der Waals surface area contributed by atoms with Crippen molar-refractivity contribution in [3.05, 3.63) is 53.0 Å². The Balaban J connectivity index is 1.51. The highest BCUT2D eigenvalue weighted by atomic mass is 32.1. The van der Waals surface area contributed by atoms with E-state index in [1.807, 2.05) is 53.3 Å². The quantitative estimate of drug-likeness (QED) is 0.588. The maximum Gasteiger partial charge on any atom is 0.271 e. The summed E-state index contributed by atoms with van der Waals surface area (Å²) in [6, 6.07) is 11.9. The van der Waals surface area contributed by atoms with Gasteiger partial charge in [0.1, 0.15) is 17.0 Å². The number of amides is 2. The topological polar surface area (TPSA) is 63.6 Å². The second kappa shape index (κ2) is 8.52. The molecule has 6 nitrogen and oxygen atoms in total. The molecule has 2 aliphatic rings. The number of nitrogens with one attached hydrogen (secondary N) is 1. The van der Waals surface area contributed by atoms with Crippen LogP contribution in [-0.2, 0) is 17.9 Å². The number of carbonyl (C=O) groups is 2. The number of aromatic nitrogens is 1. The lowest BCUT2D eigenvalue weighted by Gasteiger charge is -2.45. The summed E-state index contributed by atoms with van der Waals surface area (Å²) in [6.45, 7) is 4.94. The number of hydrogen-bond acceptors (Lipinski definition) is 4. The lowest BCUT2D eigenvalue weighted by Crippen LogP contribution is -2.65. The highest BCUT2D eigenvalue weighted by molar-refractivity contribution is 7.17. The summed E-state index contributed by atoms with van der Waals surface area (Å²) in [7, 11) is 1.64. The minimum Gasteiger partial charge on any atom is -0.497 e. The first kappa shape index (κ1) is 22.0. The fraction of sp³-hybridized carbons (Fsp3) is 0.462. The number of rotatable bonds is 5. The molecule has 174 valence electrons. The number of carbonyl (C=O) groups excluding carboxylic acids is 2. The summed E-state index contributed by atoms with van der Waals surface area (Å²) in [5, 5.41) is 5.37. The Hall–Kier alpha value is -2.80. The third-order valence-corrected chi connectivity index (χ3v) is 8.32. The summed E-state index contributed by atoms with van der Waals surface area (Å²) < 4.78 is 8.39. The fourth-order valence-electron chi connectivity index (χ4n) is 5.29. The highest BCUT2D eigenvalue weighted by Gasteiger charge is 2.48. The van der Waals surface area contributed by atoms with Crippen molar-refractivity contribution in [1.29, 1.82) is 0 Å². The molecule has 1 aromatic carbocycles. The van der Waals surface area contributed by atoms with Gasteiger partial charge in [0.05, 0.1) is 23.9 Å². The van der Waals surface area contributed by atoms with Crippen LogP contribution in [0.3, 0.4) is 0 Å². The molecule has 2 amide bonds. The van der Waals surface area contributed by atoms with Crippen LogP contribution in [0.2, 0.25) is 0 Å². The number of methoxy groups -OCH3 is 1. The Kier molecular flexibility index (Phi) is 5.69. The largest absolute Gasteiger partial charge is 0.497 e. The zero-order chi connectivity index (χ0) is 23.2. The molecule has 2 aromatic heterocycles. The standard InChI is InChI=1S/C26H31N3O3S/c1-17-6-4-5-7-20(17)27-25(31)26(2)16-28-21-12-13-33-23(21)14-22(28)24(30)29(26)15-18-8-10-19(32-3)11-9-18/h8-14,17,20H,4-7,15-16H2,1-3H3,(H,27,31)/t17-,20+,26-/m1/s1. The Bertz CT molecular complexity index is 1180. The van der Waals surface area contributed by atoms with Crippen molar-refractivity contribution in [3.8, 4) is 5.75 Å². The molecule has 33 heavy (non-hydrogen) atoms. The smallest absolute Gasteiger partial charge is 0.271 e. The number of ether oxygens (including phenoxy) is 1. The predicted molar refractivity (Wildman–Crippen MR) is 131 cm³/mol. The Morgan fingerprint density at radius 3 is 2.70 bits per heavy atom. The van der Waals surface area contributed by atoms with Crippen LogP contribution < -0.4 is 10.1 Å². The van der Waals surface area contributed by atoms with Gasteiger partial charge in [0.15, 0.2) is 0 Å². The molecule has 1 saturated carbocycles. The van der Waals surface area contributed by atoms with E-state index < -0.39 is 5.54 Å². The molecular formula is C26H31N3O3S. The first-order chi connectivity index (χ1) is 15.9. The van der Waals surface area contributed by atoms with Gasteiger partial charge in [0.2, 0.25) is 5.91 Å². The molecular weight excluding hydrogens is 434 g/mol. The molecule has 0 radical (unpaired) electrons. The van der Waals surface area contributed by atoms with E-state index in [9.17, 15) is 9.59 Å². The van der Waals surface area contributed by atoms with Crippen molar-refractivity contribution in [1.82, 2.24) is 14.8 Å². The average Bonchev–Trinajstić information content (AvgIpc) is 3.41. The number of nitrogens with zero attached hydrogens (tertiary/aromatic N) is 2. The molecule has 0 unspecified atom stereocenters. The van der Waals surface area contributed by atoms with Gasteiger partial charge in [-0.15, -0.1) is 11.3 Å². The minimum absolute atomic E-state index is 0.0640. The van der Waals surface area contributed by atoms with Gasteiger partial charge in [-0.2, -0.15) is 0 Å². The van der Waals surface area contributed by atoms with Gasteiger partial charge < -0.3 is 19.5 Å². The Morgan fingerprint density at radius 2 is 1.97 bits per heavy atom. The maximum atomic E-state index is 13.9. The SMILES string of the molecule is COc1ccc(CN2C(=O)c3cc4sccc4n3C[C@]2(C)C(=O)N[C@H]2CCCC[C@H]2C)cc1. The average molecular weight is 466 g/mol. The summed E-state index contributed by atoms with van der Waals surface area (Å²) in [4.78, 5) is 29.4. The van der Waals surface area contributed by atoms with Gasteiger partial charge in [-0.3, -0.25) is 9.59 Å². The molecule has 7 heteroatoms. The normalized spacial score (nSPS) is 25.2. The van der Waals surface area contributed by atoms with Gasteiger partial charge in [-0.1, -0.05) is 31.9 Å². The number of benzene rings is 1. The van der Waals surface area contributed by atoms with Gasteiger partial charge in [-0.25, -0.2) is 0 Å². The summed E-state index contributed by atoms with van der Waals surface area (Å²) in [6.07, 6.45) is 4.49. The van der Waals surface area contributed by atoms with E-state index >= 15 is 0 Å². The molecule has 3 heterocycles. The van der Waals surface area contributed by atoms with E-state index in [2.05, 4.69) is 12.2 Å². The molecule has 1 aliphatic heterocycles. The fourth-order valence-corrected chi connectivity index (χ4v) is 6.11. The summed E-state index contributed by atoms with van der Waals surface area (Å²) in [5.74, 6) is 1.05. The lowest BCUT2D eigenvalue weighted by atomic mass is 9.85. The van der Waals surface area contributed by atoms with Crippen LogP contribution in [0.1, 0.15) is 55.6 Å². The van der Waals surface area contributed by atoms with E-state index in [1.54, 1.807) is 23.3 Å². The Morgan fingerprint density at radius 1 is 1.21 bits per heavy atom. The van der Waals surface area contributed by atoms with Crippen LogP contribution in [0.4, 0.5) is 0 Å². The van der Waals surface area contributed by atoms with Crippen molar-refractivity contribution in [2.24, 2.45) is 5.92 Å². The maximum absolute atomic E-state index is 13.9. The van der Waals surface area contributed by atoms with E-state index in [-0.39, 0.29) is 17.9 Å². The summed E-state index contributed by atoms with van der Waals surface area (Å²) >= 11 is 1.62. The molecule has 0 spiro atoms. The van der Waals surface area contributed by atoms with Crippen LogP contribution >= 0.6 is 11.3 Å². The van der Waals surface area contributed by atoms with Gasteiger partial charge in [0.25, 0.3) is 5.91 Å². The van der Waals surface area contributed by atoms with Crippen molar-refractivity contribution >= 4 is 33.4 Å². The van der Waals surface area contributed by atoms with Crippen molar-refractivity contribution in [2.75, 3.05) is 7.11 Å². The number of thiophene rings is 1. The van der Waals surface area contributed by atoms with Crippen LogP contribution in [0.25, 0.3) is 10.2 Å². The van der Waals surface area contributed by atoms with Crippen LogP contribution in [-0.4, -0.2) is 40.0 Å². The highest BCUT2D eigenvalue weighted by Crippen LogP contribution is 2.36. The van der Waals surface area contributed by atoms with Gasteiger partial charge in [-0.05, 0) is 60.9 Å². The molecule has 0 saturated heterocycles. The molecule has 3 atom stereocenters. The third-order valence-electron chi connectivity index (χ3n) is 7.47. The van der Waals surface area contributed by atoms with E-state index in [1.165, 1.54) is 6.42 Å². The molecule has 3 aromatic rings. The van der Waals surface area contributed by atoms with Crippen LogP contribution in [0, 0.1) is 5.92 Å². The van der Waals surface area contributed by atoms with Crippen molar-refractivity contribution in [2.45, 2.75) is 64.2 Å². The molecule has 1 N–H and O–H groups in total. The Labute approximate surface area is 198 Å². The monoisotopic (exact) mass is 465 g/mol. The summed E-state index contributed by atoms with van der Waals surface area (Å²) in [5.41, 5.74) is 1.66. The van der Waals surface area contributed by atoms with Crippen LogP contribution in [0.5, 0.6) is 5.75 Å². The first-order valence-corrected chi connectivity index (χ1v) is 12.6. The zero-order valence-electron chi connectivity index (χ0n) is 19.5. The number of fused-ring (bicyclic) bond motifs is 3. The van der Waals surface area contributed by atoms with E-state index in [4.69, 9.17) is 4.74 Å². The predicted octanol–water partition coefficient (Wildman–Crippen LogP) is 4.82. The molecule has 0 bridgehead atoms. The van der Waals surface area contributed by atoms with Crippen molar-refractivity contribution < 1.29 is 14.3 Å². The third kappa shape index (κ3) is 3.82. The van der Waals surface area contributed by atoms with E-state index in [0.717, 1.165) is 40.8 Å². The lowest BCUT2D eigenvalue weighted by molar-refractivity contribution is -0.134. The van der Waals surface area contributed by atoms with Gasteiger partial charge in [0, 0.05) is 12.6 Å². The molecule has 5 rings (SSSR count). The van der Waals surface area contributed by atoms with E-state index in [0.29, 0.717) is 24.7 Å². The van der Waals surface area contributed by atoms with Crippen LogP contribution in [0.15, 0.2) is 41.8 Å². The minimum atomic E-state index is -0.991. The van der Waals surface area contributed by atoms with Gasteiger partial charge >= 0.3 is 0 Å². The van der Waals surface area contributed by atoms with Crippen molar-refractivity contribution in [3.63, 3.8) is 0 Å². The second-order valence-electron chi connectivity index (χ2n) is 9.64. The first-order valence-electron chi connectivity index (χ1n) is 11.7.